The van der Waals surface area contributed by atoms with Gasteiger partial charge < -0.3 is 10.1 Å². The van der Waals surface area contributed by atoms with Gasteiger partial charge >= 0.3 is 0 Å². The second-order valence-electron chi connectivity index (χ2n) is 6.56. The Kier molecular flexibility index (Phi) is 4.90. The standard InChI is InChI=1S/C18H26BrNO/c1-3-9-20-17(18-14-5-4-6-15(14)18)11-12-10-13(21-2)7-8-16(12)19/h7-8,10,14-15,17-18,20H,3-6,9,11H2,1-2H3. The number of halogens is 1. The number of hydrogen-bond donors (Lipinski definition) is 1. The number of methoxy groups -OCH3 is 1. The smallest absolute Gasteiger partial charge is 0.119 e. The fraction of sp³-hybridized carbons (Fsp3) is 0.667. The zero-order valence-corrected chi connectivity index (χ0v) is 14.7. The van der Waals surface area contributed by atoms with E-state index < -0.39 is 0 Å². The van der Waals surface area contributed by atoms with Crippen LogP contribution in [0.1, 0.15) is 38.2 Å². The maximum absolute atomic E-state index is 5.38. The van der Waals surface area contributed by atoms with Gasteiger partial charge in [0.05, 0.1) is 7.11 Å². The summed E-state index contributed by atoms with van der Waals surface area (Å²) in [6.45, 7) is 3.38. The Bertz CT molecular complexity index is 480. The summed E-state index contributed by atoms with van der Waals surface area (Å²) in [5, 5.41) is 3.81. The van der Waals surface area contributed by atoms with Gasteiger partial charge in [-0.1, -0.05) is 29.3 Å². The molecule has 0 spiro atoms. The number of hydrogen-bond acceptors (Lipinski definition) is 2. The third kappa shape index (κ3) is 3.29. The molecule has 1 aromatic rings. The lowest BCUT2D eigenvalue weighted by Crippen LogP contribution is -2.35. The fourth-order valence-electron chi connectivity index (χ4n) is 4.22. The normalized spacial score (nSPS) is 28.2. The van der Waals surface area contributed by atoms with Crippen LogP contribution in [0.25, 0.3) is 0 Å². The summed E-state index contributed by atoms with van der Waals surface area (Å²) < 4.78 is 6.59. The van der Waals surface area contributed by atoms with E-state index in [2.05, 4.69) is 40.3 Å². The predicted molar refractivity (Wildman–Crippen MR) is 90.8 cm³/mol. The second-order valence-corrected chi connectivity index (χ2v) is 7.41. The zero-order valence-electron chi connectivity index (χ0n) is 13.1. The quantitative estimate of drug-likeness (QED) is 0.785. The van der Waals surface area contributed by atoms with Gasteiger partial charge in [0.1, 0.15) is 5.75 Å². The number of benzene rings is 1. The van der Waals surface area contributed by atoms with Crippen LogP contribution in [0, 0.1) is 17.8 Å². The van der Waals surface area contributed by atoms with Gasteiger partial charge in [0.25, 0.3) is 0 Å². The van der Waals surface area contributed by atoms with Crippen LogP contribution in [0.2, 0.25) is 0 Å². The molecule has 0 bridgehead atoms. The topological polar surface area (TPSA) is 21.3 Å². The Morgan fingerprint density at radius 1 is 1.33 bits per heavy atom. The van der Waals surface area contributed by atoms with Gasteiger partial charge in [-0.2, -0.15) is 0 Å². The number of fused-ring (bicyclic) bond motifs is 1. The Hall–Kier alpha value is -0.540. The fourth-order valence-corrected chi connectivity index (χ4v) is 4.63. The van der Waals surface area contributed by atoms with E-state index in [0.29, 0.717) is 6.04 Å². The average Bonchev–Trinajstić information content (AvgIpc) is 2.97. The lowest BCUT2D eigenvalue weighted by Gasteiger charge is -2.21. The van der Waals surface area contributed by atoms with E-state index in [1.54, 1.807) is 7.11 Å². The van der Waals surface area contributed by atoms with Crippen LogP contribution in [0.5, 0.6) is 5.75 Å². The summed E-state index contributed by atoms with van der Waals surface area (Å²) in [7, 11) is 1.74. The highest BCUT2D eigenvalue weighted by molar-refractivity contribution is 9.10. The van der Waals surface area contributed by atoms with E-state index in [-0.39, 0.29) is 0 Å². The maximum Gasteiger partial charge on any atom is 0.119 e. The molecule has 3 unspecified atom stereocenters. The minimum Gasteiger partial charge on any atom is -0.497 e. The molecule has 2 nitrogen and oxygen atoms in total. The molecular formula is C18H26BrNO. The largest absolute Gasteiger partial charge is 0.497 e. The van der Waals surface area contributed by atoms with Crippen LogP contribution >= 0.6 is 15.9 Å². The van der Waals surface area contributed by atoms with Gasteiger partial charge in [0, 0.05) is 10.5 Å². The van der Waals surface area contributed by atoms with Crippen molar-refractivity contribution in [3.8, 4) is 5.75 Å². The average molecular weight is 352 g/mol. The van der Waals surface area contributed by atoms with E-state index >= 15 is 0 Å². The molecule has 0 radical (unpaired) electrons. The van der Waals surface area contributed by atoms with Crippen molar-refractivity contribution in [3.05, 3.63) is 28.2 Å². The van der Waals surface area contributed by atoms with E-state index in [0.717, 1.165) is 36.5 Å². The number of rotatable bonds is 7. The Labute approximate surface area is 136 Å². The SMILES string of the molecule is CCCNC(Cc1cc(OC)ccc1Br)C1C2CCCC21. The Balaban J connectivity index is 1.72. The summed E-state index contributed by atoms with van der Waals surface area (Å²) in [5.41, 5.74) is 1.37. The molecule has 2 fully saturated rings. The summed E-state index contributed by atoms with van der Waals surface area (Å²) in [4.78, 5) is 0. The van der Waals surface area contributed by atoms with Gasteiger partial charge in [0.15, 0.2) is 0 Å². The van der Waals surface area contributed by atoms with E-state index in [9.17, 15) is 0 Å². The molecule has 2 aliphatic rings. The van der Waals surface area contributed by atoms with Crippen molar-refractivity contribution in [1.82, 2.24) is 5.32 Å². The summed E-state index contributed by atoms with van der Waals surface area (Å²) in [6, 6.07) is 6.94. The van der Waals surface area contributed by atoms with Crippen molar-refractivity contribution < 1.29 is 4.74 Å². The summed E-state index contributed by atoms with van der Waals surface area (Å²) >= 11 is 3.70. The van der Waals surface area contributed by atoms with Crippen LogP contribution in [0.3, 0.4) is 0 Å². The van der Waals surface area contributed by atoms with Gasteiger partial charge in [-0.15, -0.1) is 0 Å². The predicted octanol–water partition coefficient (Wildman–Crippen LogP) is 4.41. The van der Waals surface area contributed by atoms with Crippen molar-refractivity contribution in [1.29, 1.82) is 0 Å². The number of ether oxygens (including phenoxy) is 1. The monoisotopic (exact) mass is 351 g/mol. The molecule has 21 heavy (non-hydrogen) atoms. The molecule has 3 heteroatoms. The van der Waals surface area contributed by atoms with E-state index in [1.165, 1.54) is 35.7 Å². The third-order valence-electron chi connectivity index (χ3n) is 5.29. The van der Waals surface area contributed by atoms with Crippen molar-refractivity contribution in [3.63, 3.8) is 0 Å². The molecule has 1 N–H and O–H groups in total. The van der Waals surface area contributed by atoms with Crippen LogP contribution in [0.4, 0.5) is 0 Å². The summed E-state index contributed by atoms with van der Waals surface area (Å²) in [5.74, 6) is 3.87. The molecule has 0 aromatic heterocycles. The molecule has 116 valence electrons. The third-order valence-corrected chi connectivity index (χ3v) is 6.06. The highest BCUT2D eigenvalue weighted by Gasteiger charge is 2.55. The maximum atomic E-state index is 5.38. The first-order chi connectivity index (χ1) is 10.2. The first kappa shape index (κ1) is 15.4. The minimum atomic E-state index is 0.628. The lowest BCUT2D eigenvalue weighted by molar-refractivity contribution is 0.399. The van der Waals surface area contributed by atoms with E-state index in [4.69, 9.17) is 4.74 Å². The molecule has 1 aromatic carbocycles. The molecular weight excluding hydrogens is 326 g/mol. The van der Waals surface area contributed by atoms with Crippen molar-refractivity contribution in [2.24, 2.45) is 17.8 Å². The van der Waals surface area contributed by atoms with Crippen molar-refractivity contribution in [2.75, 3.05) is 13.7 Å². The molecule has 2 saturated carbocycles. The zero-order chi connectivity index (χ0) is 14.8. The van der Waals surface area contributed by atoms with Gasteiger partial charge in [-0.3, -0.25) is 0 Å². The molecule has 0 heterocycles. The highest BCUT2D eigenvalue weighted by Crippen LogP contribution is 2.59. The Morgan fingerprint density at radius 2 is 2.10 bits per heavy atom. The van der Waals surface area contributed by atoms with Crippen LogP contribution < -0.4 is 10.1 Å². The Morgan fingerprint density at radius 3 is 2.76 bits per heavy atom. The van der Waals surface area contributed by atoms with Crippen LogP contribution in [-0.2, 0) is 6.42 Å². The molecule has 3 rings (SSSR count). The molecule has 2 aliphatic carbocycles. The van der Waals surface area contributed by atoms with Gasteiger partial charge in [0.2, 0.25) is 0 Å². The van der Waals surface area contributed by atoms with Crippen molar-refractivity contribution >= 4 is 15.9 Å². The first-order valence-electron chi connectivity index (χ1n) is 8.30. The lowest BCUT2D eigenvalue weighted by atomic mass is 9.97. The van der Waals surface area contributed by atoms with E-state index in [1.807, 2.05) is 6.07 Å². The minimum absolute atomic E-state index is 0.628. The highest BCUT2D eigenvalue weighted by atomic mass is 79.9. The second kappa shape index (κ2) is 6.70. The molecule has 0 saturated heterocycles. The van der Waals surface area contributed by atoms with Crippen molar-refractivity contribution in [2.45, 2.75) is 45.1 Å². The molecule has 0 aliphatic heterocycles. The summed E-state index contributed by atoms with van der Waals surface area (Å²) in [6.07, 6.45) is 6.68. The van der Waals surface area contributed by atoms with Crippen LogP contribution in [0.15, 0.2) is 22.7 Å². The van der Waals surface area contributed by atoms with Gasteiger partial charge in [-0.25, -0.2) is 0 Å². The molecule has 0 amide bonds. The molecule has 3 atom stereocenters. The van der Waals surface area contributed by atoms with Crippen LogP contribution in [-0.4, -0.2) is 19.7 Å². The number of nitrogens with one attached hydrogen (secondary N) is 1. The first-order valence-corrected chi connectivity index (χ1v) is 9.09. The van der Waals surface area contributed by atoms with Gasteiger partial charge in [-0.05, 0) is 73.7 Å².